The van der Waals surface area contributed by atoms with E-state index in [2.05, 4.69) is 20.4 Å². The Bertz CT molecular complexity index is 744. The number of ether oxygens (including phenoxy) is 1. The van der Waals surface area contributed by atoms with Crippen molar-refractivity contribution in [2.24, 2.45) is 0 Å². The van der Waals surface area contributed by atoms with E-state index in [0.29, 0.717) is 23.1 Å². The first-order valence-corrected chi connectivity index (χ1v) is 7.73. The molecular weight excluding hydrogens is 335 g/mol. The molecular formula is C17H16F3N3O2. The number of carbonyl (C=O) groups is 1. The molecule has 0 spiro atoms. The zero-order valence-corrected chi connectivity index (χ0v) is 13.1. The number of aromatic nitrogens is 1. The van der Waals surface area contributed by atoms with Crippen molar-refractivity contribution in [3.63, 3.8) is 0 Å². The largest absolute Gasteiger partial charge is 0.484 e. The molecule has 0 radical (unpaired) electrons. The van der Waals surface area contributed by atoms with Crippen molar-refractivity contribution in [3.05, 3.63) is 48.2 Å². The molecule has 1 fully saturated rings. The molecule has 8 heteroatoms. The van der Waals surface area contributed by atoms with Gasteiger partial charge in [0.05, 0.1) is 5.56 Å². The third-order valence-corrected chi connectivity index (χ3v) is 3.45. The maximum atomic E-state index is 12.2. The number of nitrogens with zero attached hydrogens (tertiary/aromatic N) is 1. The van der Waals surface area contributed by atoms with Crippen LogP contribution in [0.2, 0.25) is 0 Å². The monoisotopic (exact) mass is 351 g/mol. The maximum absolute atomic E-state index is 12.2. The van der Waals surface area contributed by atoms with Gasteiger partial charge in [-0.3, -0.25) is 4.79 Å². The number of rotatable bonds is 6. The predicted octanol–water partition coefficient (Wildman–Crippen LogP) is 3.85. The Morgan fingerprint density at radius 3 is 2.68 bits per heavy atom. The van der Waals surface area contributed by atoms with Crippen molar-refractivity contribution in [1.82, 2.24) is 4.98 Å². The van der Waals surface area contributed by atoms with Crippen molar-refractivity contribution in [2.75, 3.05) is 17.2 Å². The molecule has 5 nitrogen and oxygen atoms in total. The Kier molecular flexibility index (Phi) is 4.78. The molecule has 0 atom stereocenters. The molecule has 132 valence electrons. The second kappa shape index (κ2) is 7.00. The number of alkyl halides is 3. The molecule has 1 aliphatic rings. The average Bonchev–Trinajstić information content (AvgIpc) is 3.37. The van der Waals surface area contributed by atoms with E-state index in [1.807, 2.05) is 0 Å². The number of amides is 1. The van der Waals surface area contributed by atoms with E-state index in [9.17, 15) is 18.0 Å². The number of pyridine rings is 1. The number of hydrogen-bond acceptors (Lipinski definition) is 4. The van der Waals surface area contributed by atoms with Crippen molar-refractivity contribution in [2.45, 2.75) is 25.1 Å². The van der Waals surface area contributed by atoms with Gasteiger partial charge in [-0.1, -0.05) is 6.07 Å². The number of anilines is 2. The van der Waals surface area contributed by atoms with Gasteiger partial charge in [0.2, 0.25) is 0 Å². The lowest BCUT2D eigenvalue weighted by Crippen LogP contribution is -2.19. The first-order valence-electron chi connectivity index (χ1n) is 7.73. The van der Waals surface area contributed by atoms with E-state index in [1.165, 1.54) is 24.4 Å². The summed E-state index contributed by atoms with van der Waals surface area (Å²) in [5.74, 6) is 0.331. The minimum absolute atomic E-state index is 0.0252. The molecule has 0 unspecified atom stereocenters. The zero-order valence-electron chi connectivity index (χ0n) is 13.1. The zero-order chi connectivity index (χ0) is 17.9. The quantitative estimate of drug-likeness (QED) is 0.830. The molecule has 1 aromatic heterocycles. The average molecular weight is 351 g/mol. The molecule has 1 heterocycles. The Labute approximate surface area is 142 Å². The van der Waals surface area contributed by atoms with Crippen LogP contribution in [0.5, 0.6) is 5.75 Å². The first kappa shape index (κ1) is 17.1. The van der Waals surface area contributed by atoms with Crippen LogP contribution in [0.4, 0.5) is 24.7 Å². The summed E-state index contributed by atoms with van der Waals surface area (Å²) < 4.78 is 41.2. The molecule has 1 amide bonds. The molecule has 1 aromatic carbocycles. The highest BCUT2D eigenvalue weighted by atomic mass is 19.4. The Morgan fingerprint density at radius 1 is 1.24 bits per heavy atom. The number of nitrogens with one attached hydrogen (secondary N) is 2. The molecule has 2 N–H and O–H groups in total. The van der Waals surface area contributed by atoms with Gasteiger partial charge in [0, 0.05) is 24.0 Å². The van der Waals surface area contributed by atoms with Gasteiger partial charge in [0.1, 0.15) is 11.6 Å². The van der Waals surface area contributed by atoms with Crippen molar-refractivity contribution < 1.29 is 22.7 Å². The van der Waals surface area contributed by atoms with Crippen molar-refractivity contribution in [3.8, 4) is 5.75 Å². The van der Waals surface area contributed by atoms with E-state index in [1.54, 1.807) is 18.2 Å². The highest BCUT2D eigenvalue weighted by Crippen LogP contribution is 2.24. The van der Waals surface area contributed by atoms with Crippen LogP contribution >= 0.6 is 0 Å². The molecule has 1 aliphatic carbocycles. The molecule has 25 heavy (non-hydrogen) atoms. The maximum Gasteiger partial charge on any atom is 0.422 e. The SMILES string of the molecule is O=C(Nc1cccc(OCC(F)(F)F)c1)c1ccc(NC2CC2)nc1. The Balaban J connectivity index is 1.60. The van der Waals surface area contributed by atoms with E-state index >= 15 is 0 Å². The highest BCUT2D eigenvalue weighted by molar-refractivity contribution is 6.04. The van der Waals surface area contributed by atoms with Crippen LogP contribution in [-0.4, -0.2) is 29.7 Å². The molecule has 1 saturated carbocycles. The topological polar surface area (TPSA) is 63.2 Å². The van der Waals surface area contributed by atoms with Crippen LogP contribution < -0.4 is 15.4 Å². The summed E-state index contributed by atoms with van der Waals surface area (Å²) in [6, 6.07) is 9.61. The number of carbonyl (C=O) groups excluding carboxylic acids is 1. The van der Waals surface area contributed by atoms with E-state index in [0.717, 1.165) is 12.8 Å². The third kappa shape index (κ3) is 5.37. The summed E-state index contributed by atoms with van der Waals surface area (Å²) >= 11 is 0. The van der Waals surface area contributed by atoms with Gasteiger partial charge in [-0.2, -0.15) is 13.2 Å². The van der Waals surface area contributed by atoms with Gasteiger partial charge >= 0.3 is 6.18 Å². The lowest BCUT2D eigenvalue weighted by Gasteiger charge is -2.11. The van der Waals surface area contributed by atoms with Gasteiger partial charge in [-0.05, 0) is 37.1 Å². The standard InChI is InChI=1S/C17H16F3N3O2/c18-17(19,20)10-25-14-3-1-2-13(8-14)23-16(24)11-4-7-15(21-9-11)22-12-5-6-12/h1-4,7-9,12H,5-6,10H2,(H,21,22)(H,23,24). The first-order chi connectivity index (χ1) is 11.9. The molecule has 0 aliphatic heterocycles. The summed E-state index contributed by atoms with van der Waals surface area (Å²) in [7, 11) is 0. The third-order valence-electron chi connectivity index (χ3n) is 3.45. The van der Waals surface area contributed by atoms with Crippen LogP contribution in [0.15, 0.2) is 42.6 Å². The lowest BCUT2D eigenvalue weighted by atomic mass is 10.2. The van der Waals surface area contributed by atoms with E-state index < -0.39 is 18.7 Å². The summed E-state index contributed by atoms with van der Waals surface area (Å²) in [6.45, 7) is -1.39. The summed E-state index contributed by atoms with van der Waals surface area (Å²) in [6.07, 6.45) is -0.724. The van der Waals surface area contributed by atoms with Crippen molar-refractivity contribution in [1.29, 1.82) is 0 Å². The Hall–Kier alpha value is -2.77. The molecule has 0 saturated heterocycles. The normalized spacial score (nSPS) is 14.0. The van der Waals surface area contributed by atoms with E-state index in [-0.39, 0.29) is 5.75 Å². The molecule has 0 bridgehead atoms. The van der Waals surface area contributed by atoms with Gasteiger partial charge in [-0.25, -0.2) is 4.98 Å². The predicted molar refractivity (Wildman–Crippen MR) is 86.8 cm³/mol. The van der Waals surface area contributed by atoms with Gasteiger partial charge < -0.3 is 15.4 Å². The second-order valence-electron chi connectivity index (χ2n) is 5.74. The minimum atomic E-state index is -4.42. The highest BCUT2D eigenvalue weighted by Gasteiger charge is 2.28. The fourth-order valence-corrected chi connectivity index (χ4v) is 2.08. The van der Waals surface area contributed by atoms with Crippen LogP contribution in [0.3, 0.4) is 0 Å². The number of hydrogen-bond donors (Lipinski definition) is 2. The van der Waals surface area contributed by atoms with Crippen molar-refractivity contribution >= 4 is 17.4 Å². The summed E-state index contributed by atoms with van der Waals surface area (Å²) in [5.41, 5.74) is 0.688. The van der Waals surface area contributed by atoms with Gasteiger partial charge in [0.25, 0.3) is 5.91 Å². The smallest absolute Gasteiger partial charge is 0.422 e. The molecule has 3 rings (SSSR count). The summed E-state index contributed by atoms with van der Waals surface area (Å²) in [4.78, 5) is 16.4. The second-order valence-corrected chi connectivity index (χ2v) is 5.74. The summed E-state index contributed by atoms with van der Waals surface area (Å²) in [5, 5.41) is 5.82. The van der Waals surface area contributed by atoms with Crippen LogP contribution in [0, 0.1) is 0 Å². The van der Waals surface area contributed by atoms with Crippen LogP contribution in [0.25, 0.3) is 0 Å². The minimum Gasteiger partial charge on any atom is -0.484 e. The van der Waals surface area contributed by atoms with E-state index in [4.69, 9.17) is 0 Å². The van der Waals surface area contributed by atoms with Crippen LogP contribution in [-0.2, 0) is 0 Å². The lowest BCUT2D eigenvalue weighted by molar-refractivity contribution is -0.153. The van der Waals surface area contributed by atoms with Gasteiger partial charge in [-0.15, -0.1) is 0 Å². The van der Waals surface area contributed by atoms with Crippen LogP contribution in [0.1, 0.15) is 23.2 Å². The fourth-order valence-electron chi connectivity index (χ4n) is 2.08. The Morgan fingerprint density at radius 2 is 2.04 bits per heavy atom. The molecule has 2 aromatic rings. The fraction of sp³-hybridized carbons (Fsp3) is 0.294. The van der Waals surface area contributed by atoms with Gasteiger partial charge in [0.15, 0.2) is 6.61 Å². The number of benzene rings is 1. The number of halogens is 3.